The summed E-state index contributed by atoms with van der Waals surface area (Å²) in [6.45, 7) is -0.471. The average Bonchev–Trinajstić information content (AvgIpc) is 2.32. The van der Waals surface area contributed by atoms with Gasteiger partial charge in [-0.25, -0.2) is 0 Å². The smallest absolute Gasteiger partial charge is 0.106 e. The molecule has 1 rings (SSSR count). The van der Waals surface area contributed by atoms with Crippen LogP contribution >= 0.6 is 0 Å². The second kappa shape index (κ2) is 3.68. The van der Waals surface area contributed by atoms with Crippen LogP contribution in [-0.4, -0.2) is 56.6 Å². The van der Waals surface area contributed by atoms with Crippen molar-refractivity contribution < 1.29 is 25.5 Å². The lowest BCUT2D eigenvalue weighted by Gasteiger charge is -2.19. The second-order valence-electron chi connectivity index (χ2n) is 3.20. The Morgan fingerprint density at radius 3 is 2.08 bits per heavy atom. The van der Waals surface area contributed by atoms with Crippen molar-refractivity contribution in [2.75, 3.05) is 6.61 Å². The molecule has 0 aliphatic heterocycles. The summed E-state index contributed by atoms with van der Waals surface area (Å²) >= 11 is 0. The Morgan fingerprint density at radius 2 is 1.75 bits per heavy atom. The van der Waals surface area contributed by atoms with Crippen molar-refractivity contribution in [1.29, 1.82) is 0 Å². The first kappa shape index (κ1) is 9.88. The van der Waals surface area contributed by atoms with Gasteiger partial charge in [0.2, 0.25) is 0 Å². The van der Waals surface area contributed by atoms with E-state index in [0.717, 1.165) is 0 Å². The molecule has 0 aromatic carbocycles. The Balaban J connectivity index is 2.58. The third kappa shape index (κ3) is 1.60. The van der Waals surface area contributed by atoms with E-state index >= 15 is 0 Å². The van der Waals surface area contributed by atoms with E-state index in [-0.39, 0.29) is 6.42 Å². The zero-order valence-corrected chi connectivity index (χ0v) is 6.54. The molecule has 5 N–H and O–H groups in total. The van der Waals surface area contributed by atoms with E-state index in [1.807, 2.05) is 0 Å². The zero-order chi connectivity index (χ0) is 9.30. The standard InChI is InChI=1S/C7H14O5/c8-2-5(10)3-1-4(9)7(12)6(3)11/h3-12H,1-2H2/t3-,4-,5-,6-,7-/m1/s1. The maximum atomic E-state index is 9.25. The van der Waals surface area contributed by atoms with Gasteiger partial charge in [0.15, 0.2) is 0 Å². The fourth-order valence-corrected chi connectivity index (χ4v) is 1.56. The van der Waals surface area contributed by atoms with Gasteiger partial charge in [-0.1, -0.05) is 0 Å². The molecule has 0 heterocycles. The van der Waals surface area contributed by atoms with Crippen LogP contribution in [0.15, 0.2) is 0 Å². The van der Waals surface area contributed by atoms with Crippen molar-refractivity contribution in [3.8, 4) is 0 Å². The molecule has 0 aromatic rings. The molecule has 1 saturated carbocycles. The first-order valence-corrected chi connectivity index (χ1v) is 3.91. The summed E-state index contributed by atoms with van der Waals surface area (Å²) in [6, 6.07) is 0. The van der Waals surface area contributed by atoms with Gasteiger partial charge in [0.1, 0.15) is 6.10 Å². The van der Waals surface area contributed by atoms with Crippen LogP contribution in [0.4, 0.5) is 0 Å². The first-order valence-electron chi connectivity index (χ1n) is 3.91. The second-order valence-corrected chi connectivity index (χ2v) is 3.20. The van der Waals surface area contributed by atoms with E-state index < -0.39 is 36.9 Å². The average molecular weight is 178 g/mol. The molecule has 5 nitrogen and oxygen atoms in total. The Morgan fingerprint density at radius 1 is 1.17 bits per heavy atom. The molecule has 0 amide bonds. The van der Waals surface area contributed by atoms with Gasteiger partial charge in [-0.15, -0.1) is 0 Å². The molecule has 1 aliphatic carbocycles. The summed E-state index contributed by atoms with van der Waals surface area (Å²) in [5.74, 6) is -0.639. The summed E-state index contributed by atoms with van der Waals surface area (Å²) in [4.78, 5) is 0. The number of aliphatic hydroxyl groups is 5. The molecule has 0 radical (unpaired) electrons. The number of hydrogen-bond acceptors (Lipinski definition) is 5. The molecule has 1 fully saturated rings. The molecule has 1 aliphatic rings. The lowest BCUT2D eigenvalue weighted by molar-refractivity contribution is -0.0496. The minimum absolute atomic E-state index is 0.115. The van der Waals surface area contributed by atoms with E-state index in [1.54, 1.807) is 0 Å². The van der Waals surface area contributed by atoms with Crippen LogP contribution in [0.2, 0.25) is 0 Å². The zero-order valence-electron chi connectivity index (χ0n) is 6.54. The monoisotopic (exact) mass is 178 g/mol. The van der Waals surface area contributed by atoms with E-state index in [1.165, 1.54) is 0 Å². The summed E-state index contributed by atoms with van der Waals surface area (Å²) in [5, 5.41) is 45.1. The lowest BCUT2D eigenvalue weighted by Crippen LogP contribution is -2.35. The van der Waals surface area contributed by atoms with Crippen molar-refractivity contribution in [1.82, 2.24) is 0 Å². The predicted molar refractivity (Wildman–Crippen MR) is 39.2 cm³/mol. The van der Waals surface area contributed by atoms with Crippen LogP contribution < -0.4 is 0 Å². The van der Waals surface area contributed by atoms with E-state index in [2.05, 4.69) is 0 Å². The minimum atomic E-state index is -1.21. The van der Waals surface area contributed by atoms with Gasteiger partial charge in [-0.2, -0.15) is 0 Å². The third-order valence-electron chi connectivity index (χ3n) is 2.38. The van der Waals surface area contributed by atoms with Crippen LogP contribution in [0.25, 0.3) is 0 Å². The molecular weight excluding hydrogens is 164 g/mol. The molecule has 72 valence electrons. The van der Waals surface area contributed by atoms with E-state index in [4.69, 9.17) is 20.4 Å². The topological polar surface area (TPSA) is 101 Å². The highest BCUT2D eigenvalue weighted by Gasteiger charge is 2.43. The molecule has 0 spiro atoms. The fraction of sp³-hybridized carbons (Fsp3) is 1.00. The van der Waals surface area contributed by atoms with Crippen molar-refractivity contribution in [3.05, 3.63) is 0 Å². The van der Waals surface area contributed by atoms with Gasteiger partial charge in [0.05, 0.1) is 24.9 Å². The quantitative estimate of drug-likeness (QED) is 0.320. The van der Waals surface area contributed by atoms with Gasteiger partial charge in [0, 0.05) is 5.92 Å². The summed E-state index contributed by atoms with van der Waals surface area (Å²) in [7, 11) is 0. The van der Waals surface area contributed by atoms with E-state index in [9.17, 15) is 5.11 Å². The predicted octanol–water partition coefficient (Wildman–Crippen LogP) is -2.56. The van der Waals surface area contributed by atoms with Crippen LogP contribution in [0.1, 0.15) is 6.42 Å². The SMILES string of the molecule is OC[C@@H](O)[C@H]1C[C@@H](O)[C@@H](O)[C@@H]1O. The van der Waals surface area contributed by atoms with Crippen LogP contribution in [-0.2, 0) is 0 Å². The van der Waals surface area contributed by atoms with Crippen molar-refractivity contribution in [2.24, 2.45) is 5.92 Å². The minimum Gasteiger partial charge on any atom is -0.394 e. The van der Waals surface area contributed by atoms with Crippen molar-refractivity contribution in [2.45, 2.75) is 30.8 Å². The molecule has 12 heavy (non-hydrogen) atoms. The van der Waals surface area contributed by atoms with Gasteiger partial charge in [-0.3, -0.25) is 0 Å². The first-order chi connectivity index (χ1) is 5.57. The van der Waals surface area contributed by atoms with Crippen LogP contribution in [0.5, 0.6) is 0 Å². The summed E-state index contributed by atoms with van der Waals surface area (Å²) < 4.78 is 0. The van der Waals surface area contributed by atoms with Crippen LogP contribution in [0.3, 0.4) is 0 Å². The molecule has 5 heteroatoms. The highest BCUT2D eigenvalue weighted by Crippen LogP contribution is 2.29. The molecule has 0 bridgehead atoms. The molecule has 0 saturated heterocycles. The molecule has 0 aromatic heterocycles. The largest absolute Gasteiger partial charge is 0.394 e. The number of hydrogen-bond donors (Lipinski definition) is 5. The normalized spacial score (nSPS) is 44.8. The molecular formula is C7H14O5. The Bertz CT molecular complexity index is 151. The Labute approximate surface area is 69.9 Å². The summed E-state index contributed by atoms with van der Waals surface area (Å²) in [5.41, 5.74) is 0. The summed E-state index contributed by atoms with van der Waals surface area (Å²) in [6.07, 6.45) is -4.33. The number of aliphatic hydroxyl groups excluding tert-OH is 5. The highest BCUT2D eigenvalue weighted by atomic mass is 16.4. The Hall–Kier alpha value is -0.200. The van der Waals surface area contributed by atoms with Crippen molar-refractivity contribution in [3.63, 3.8) is 0 Å². The fourth-order valence-electron chi connectivity index (χ4n) is 1.56. The lowest BCUT2D eigenvalue weighted by atomic mass is 9.99. The maximum absolute atomic E-state index is 9.25. The van der Waals surface area contributed by atoms with Gasteiger partial charge >= 0.3 is 0 Å². The van der Waals surface area contributed by atoms with Crippen molar-refractivity contribution >= 4 is 0 Å². The van der Waals surface area contributed by atoms with Gasteiger partial charge < -0.3 is 25.5 Å². The maximum Gasteiger partial charge on any atom is 0.106 e. The van der Waals surface area contributed by atoms with E-state index in [0.29, 0.717) is 0 Å². The van der Waals surface area contributed by atoms with Crippen LogP contribution in [0, 0.1) is 5.92 Å². The molecule has 0 unspecified atom stereocenters. The Kier molecular flexibility index (Phi) is 3.03. The highest BCUT2D eigenvalue weighted by molar-refractivity contribution is 4.93. The van der Waals surface area contributed by atoms with Gasteiger partial charge in [-0.05, 0) is 6.42 Å². The van der Waals surface area contributed by atoms with Gasteiger partial charge in [0.25, 0.3) is 0 Å². The third-order valence-corrected chi connectivity index (χ3v) is 2.38. The molecule has 5 atom stereocenters. The number of rotatable bonds is 2.